The van der Waals surface area contributed by atoms with E-state index in [0.717, 1.165) is 17.3 Å². The molecule has 1 N–H and O–H groups in total. The normalized spacial score (nSPS) is 11.9. The van der Waals surface area contributed by atoms with Crippen LogP contribution in [0.1, 0.15) is 27.2 Å². The minimum atomic E-state index is -1.21. The fourth-order valence-electron chi connectivity index (χ4n) is 3.43. The number of ether oxygens (including phenoxy) is 1. The van der Waals surface area contributed by atoms with Gasteiger partial charge in [-0.3, -0.25) is 4.79 Å². The summed E-state index contributed by atoms with van der Waals surface area (Å²) >= 11 is 1.04. The molecule has 8 heteroatoms. The van der Waals surface area contributed by atoms with Gasteiger partial charge >= 0.3 is 5.97 Å². The van der Waals surface area contributed by atoms with Crippen LogP contribution in [0.2, 0.25) is 0 Å². The molecule has 4 aromatic rings. The van der Waals surface area contributed by atoms with Gasteiger partial charge in [0.05, 0.1) is 30.7 Å². The van der Waals surface area contributed by atoms with Crippen molar-refractivity contribution in [1.82, 2.24) is 8.75 Å². The van der Waals surface area contributed by atoms with Crippen LogP contribution in [-0.2, 0) is 11.2 Å². The van der Waals surface area contributed by atoms with Crippen molar-refractivity contribution >= 4 is 40.1 Å². The number of ketones is 1. The molecule has 0 saturated heterocycles. The molecule has 156 valence electrons. The number of hydrogen-bond donors (Lipinski definition) is 1. The van der Waals surface area contributed by atoms with Gasteiger partial charge in [0.2, 0.25) is 0 Å². The SMILES string of the molecule is COc1ccc(C(=O)C(Cc2ccco2)=C(C(=O)O)c2ccc3nsnc3c2)cc1C. The van der Waals surface area contributed by atoms with Gasteiger partial charge in [-0.2, -0.15) is 8.75 Å². The van der Waals surface area contributed by atoms with Crippen LogP contribution < -0.4 is 4.74 Å². The summed E-state index contributed by atoms with van der Waals surface area (Å²) in [6, 6.07) is 13.4. The second-order valence-electron chi connectivity index (χ2n) is 6.90. The van der Waals surface area contributed by atoms with Gasteiger partial charge in [0.25, 0.3) is 0 Å². The number of Topliss-reactive ketones (excluding diaryl/α,β-unsaturated/α-hetero) is 1. The Morgan fingerprint density at radius 2 is 1.84 bits per heavy atom. The first kappa shape index (κ1) is 20.5. The number of benzene rings is 2. The van der Waals surface area contributed by atoms with Crippen molar-refractivity contribution in [1.29, 1.82) is 0 Å². The lowest BCUT2D eigenvalue weighted by molar-refractivity contribution is -0.130. The van der Waals surface area contributed by atoms with Crippen molar-refractivity contribution in [2.45, 2.75) is 13.3 Å². The Morgan fingerprint density at radius 1 is 1.06 bits per heavy atom. The molecule has 0 aliphatic heterocycles. The molecule has 4 rings (SSSR count). The largest absolute Gasteiger partial charge is 0.496 e. The summed E-state index contributed by atoms with van der Waals surface area (Å²) in [5, 5.41) is 10.1. The minimum Gasteiger partial charge on any atom is -0.496 e. The summed E-state index contributed by atoms with van der Waals surface area (Å²) in [4.78, 5) is 25.9. The third-order valence-corrected chi connectivity index (χ3v) is 5.48. The molecule has 0 aliphatic rings. The van der Waals surface area contributed by atoms with E-state index in [-0.39, 0.29) is 17.6 Å². The first-order valence-electron chi connectivity index (χ1n) is 9.38. The summed E-state index contributed by atoms with van der Waals surface area (Å²) in [6.45, 7) is 1.83. The number of rotatable bonds is 7. The molecule has 2 aromatic heterocycles. The molecule has 0 radical (unpaired) electrons. The van der Waals surface area contributed by atoms with Crippen molar-refractivity contribution in [3.05, 3.63) is 82.8 Å². The van der Waals surface area contributed by atoms with E-state index in [4.69, 9.17) is 9.15 Å². The molecule has 0 spiro atoms. The molecule has 31 heavy (non-hydrogen) atoms. The van der Waals surface area contributed by atoms with Gasteiger partial charge in [-0.05, 0) is 60.5 Å². The van der Waals surface area contributed by atoms with Crippen LogP contribution in [0, 0.1) is 6.92 Å². The number of furan rings is 1. The summed E-state index contributed by atoms with van der Waals surface area (Å²) in [6.07, 6.45) is 1.52. The standard InChI is InChI=1S/C23H18N2O5S/c1-13-10-15(6-8-20(13)29-2)22(26)17(12-16-4-3-9-30-16)21(23(27)28)14-5-7-18-19(11-14)25-31-24-18/h3-11H,12H2,1-2H3,(H,27,28). The lowest BCUT2D eigenvalue weighted by Gasteiger charge is -2.13. The molecule has 0 fully saturated rings. The topological polar surface area (TPSA) is 103 Å². The number of nitrogens with zero attached hydrogens (tertiary/aromatic N) is 2. The Labute approximate surface area is 181 Å². The lowest BCUT2D eigenvalue weighted by atomic mass is 9.90. The number of fused-ring (bicyclic) bond motifs is 1. The molecule has 2 heterocycles. The average Bonchev–Trinajstić information content (AvgIpc) is 3.44. The van der Waals surface area contributed by atoms with Crippen molar-refractivity contribution in [2.24, 2.45) is 0 Å². The third-order valence-electron chi connectivity index (χ3n) is 4.92. The van der Waals surface area contributed by atoms with E-state index in [0.29, 0.717) is 33.7 Å². The van der Waals surface area contributed by atoms with Crippen molar-refractivity contribution in [2.75, 3.05) is 7.11 Å². The quantitative estimate of drug-likeness (QED) is 0.336. The van der Waals surface area contributed by atoms with Crippen LogP contribution in [0.4, 0.5) is 0 Å². The molecular formula is C23H18N2O5S. The Bertz CT molecular complexity index is 1300. The van der Waals surface area contributed by atoms with E-state index in [2.05, 4.69) is 8.75 Å². The number of carbonyl (C=O) groups excluding carboxylic acids is 1. The van der Waals surface area contributed by atoms with E-state index in [9.17, 15) is 14.7 Å². The predicted molar refractivity (Wildman–Crippen MR) is 116 cm³/mol. The van der Waals surface area contributed by atoms with Gasteiger partial charge < -0.3 is 14.3 Å². The van der Waals surface area contributed by atoms with E-state index < -0.39 is 11.8 Å². The molecule has 0 unspecified atom stereocenters. The van der Waals surface area contributed by atoms with Gasteiger partial charge in [-0.1, -0.05) is 6.07 Å². The van der Waals surface area contributed by atoms with Crippen molar-refractivity contribution in [3.8, 4) is 5.75 Å². The first-order valence-corrected chi connectivity index (χ1v) is 10.1. The summed E-state index contributed by atoms with van der Waals surface area (Å²) < 4.78 is 19.0. The van der Waals surface area contributed by atoms with Crippen LogP contribution in [0.5, 0.6) is 5.75 Å². The Morgan fingerprint density at radius 3 is 2.52 bits per heavy atom. The number of hydrogen-bond acceptors (Lipinski definition) is 7. The third kappa shape index (κ3) is 4.10. The summed E-state index contributed by atoms with van der Waals surface area (Å²) in [5.74, 6) is -0.462. The molecule has 2 aromatic carbocycles. The van der Waals surface area contributed by atoms with E-state index in [1.165, 1.54) is 6.26 Å². The highest BCUT2D eigenvalue weighted by Crippen LogP contribution is 2.29. The Balaban J connectivity index is 1.90. The number of methoxy groups -OCH3 is 1. The van der Waals surface area contributed by atoms with Crippen molar-refractivity contribution in [3.63, 3.8) is 0 Å². The van der Waals surface area contributed by atoms with Gasteiger partial charge in [0.15, 0.2) is 5.78 Å². The summed E-state index contributed by atoms with van der Waals surface area (Å²) in [5.41, 5.74) is 2.80. The monoisotopic (exact) mass is 434 g/mol. The second kappa shape index (κ2) is 8.53. The van der Waals surface area contributed by atoms with Crippen LogP contribution in [0.15, 0.2) is 64.8 Å². The minimum absolute atomic E-state index is 0.0336. The maximum atomic E-state index is 13.5. The van der Waals surface area contributed by atoms with E-state index >= 15 is 0 Å². The number of carbonyl (C=O) groups is 2. The van der Waals surface area contributed by atoms with Gasteiger partial charge in [-0.25, -0.2) is 4.79 Å². The number of aromatic nitrogens is 2. The Hall–Kier alpha value is -3.78. The van der Waals surface area contributed by atoms with Crippen molar-refractivity contribution < 1.29 is 23.8 Å². The second-order valence-corrected chi connectivity index (χ2v) is 7.42. The van der Waals surface area contributed by atoms with Gasteiger partial charge in [-0.15, -0.1) is 0 Å². The zero-order chi connectivity index (χ0) is 22.0. The van der Waals surface area contributed by atoms with Gasteiger partial charge in [0.1, 0.15) is 22.5 Å². The molecule has 0 amide bonds. The number of carboxylic acid groups (broad SMARTS) is 1. The van der Waals surface area contributed by atoms with Crippen LogP contribution in [0.25, 0.3) is 16.6 Å². The molecule has 0 saturated carbocycles. The fourth-order valence-corrected chi connectivity index (χ4v) is 3.95. The maximum absolute atomic E-state index is 13.5. The highest BCUT2D eigenvalue weighted by Gasteiger charge is 2.25. The predicted octanol–water partition coefficient (Wildman–Crippen LogP) is 4.57. The van der Waals surface area contributed by atoms with Gasteiger partial charge in [0, 0.05) is 17.6 Å². The van der Waals surface area contributed by atoms with Crippen LogP contribution >= 0.6 is 11.7 Å². The highest BCUT2D eigenvalue weighted by molar-refractivity contribution is 7.00. The molecule has 7 nitrogen and oxygen atoms in total. The molecular weight excluding hydrogens is 416 g/mol. The number of aryl methyl sites for hydroxylation is 1. The highest BCUT2D eigenvalue weighted by atomic mass is 32.1. The van der Waals surface area contributed by atoms with Crippen LogP contribution in [-0.4, -0.2) is 32.7 Å². The van der Waals surface area contributed by atoms with Crippen LogP contribution in [0.3, 0.4) is 0 Å². The zero-order valence-electron chi connectivity index (χ0n) is 16.8. The number of allylic oxidation sites excluding steroid dienone is 1. The molecule has 0 bridgehead atoms. The van der Waals surface area contributed by atoms with E-state index in [1.54, 1.807) is 55.6 Å². The molecule has 0 aliphatic carbocycles. The average molecular weight is 434 g/mol. The summed E-state index contributed by atoms with van der Waals surface area (Å²) in [7, 11) is 1.55. The fraction of sp³-hybridized carbons (Fsp3) is 0.130. The first-order chi connectivity index (χ1) is 15.0. The smallest absolute Gasteiger partial charge is 0.336 e. The number of carboxylic acids is 1. The maximum Gasteiger partial charge on any atom is 0.336 e. The zero-order valence-corrected chi connectivity index (χ0v) is 17.6. The van der Waals surface area contributed by atoms with E-state index in [1.807, 2.05) is 6.92 Å². The lowest BCUT2D eigenvalue weighted by Crippen LogP contribution is -2.14. The Kier molecular flexibility index (Phi) is 5.64. The number of aliphatic carboxylic acids is 1. The molecule has 0 atom stereocenters.